The molecule has 47 heavy (non-hydrogen) atoms. The van der Waals surface area contributed by atoms with Gasteiger partial charge in [0, 0.05) is 56.2 Å². The number of hydrogen-bond acceptors (Lipinski definition) is 9. The fourth-order valence-electron chi connectivity index (χ4n) is 6.94. The lowest BCUT2D eigenvalue weighted by atomic mass is 9.88. The highest BCUT2D eigenvalue weighted by Crippen LogP contribution is 2.57. The lowest BCUT2D eigenvalue weighted by Crippen LogP contribution is -2.56. The summed E-state index contributed by atoms with van der Waals surface area (Å²) < 4.78 is 11.9. The van der Waals surface area contributed by atoms with Crippen LogP contribution in [0, 0.1) is 30.6 Å². The number of aryl methyl sites for hydroxylation is 1. The second-order valence-corrected chi connectivity index (χ2v) is 13.7. The van der Waals surface area contributed by atoms with Crippen LogP contribution in [0.2, 0.25) is 0 Å². The minimum absolute atomic E-state index is 0.00653. The first kappa shape index (κ1) is 32.7. The third-order valence-corrected chi connectivity index (χ3v) is 10.7. The number of urea groups is 1. The van der Waals surface area contributed by atoms with Gasteiger partial charge in [0.1, 0.15) is 28.2 Å². The van der Waals surface area contributed by atoms with E-state index in [2.05, 4.69) is 23.1 Å². The number of thiazole rings is 1. The van der Waals surface area contributed by atoms with E-state index < -0.39 is 17.6 Å². The van der Waals surface area contributed by atoms with Gasteiger partial charge < -0.3 is 24.4 Å². The van der Waals surface area contributed by atoms with Crippen LogP contribution >= 0.6 is 11.3 Å². The number of esters is 1. The number of methoxy groups -OCH3 is 1. The predicted octanol–water partition coefficient (Wildman–Crippen LogP) is 5.28. The molecule has 11 heteroatoms. The Morgan fingerprint density at radius 1 is 1.23 bits per heavy atom. The number of nitrogens with zero attached hydrogens (tertiary/aromatic N) is 4. The number of piperidine rings is 1. The van der Waals surface area contributed by atoms with Gasteiger partial charge in [-0.05, 0) is 61.6 Å². The number of aromatic nitrogens is 2. The monoisotopic (exact) mass is 656 g/mol. The topological polar surface area (TPSA) is 122 Å². The van der Waals surface area contributed by atoms with E-state index in [9.17, 15) is 19.5 Å². The van der Waals surface area contributed by atoms with Crippen molar-refractivity contribution in [3.05, 3.63) is 52.6 Å². The Kier molecular flexibility index (Phi) is 9.35. The number of hydrogen-bond donors (Lipinski definition) is 1. The number of benzene rings is 1. The number of amides is 2. The van der Waals surface area contributed by atoms with Gasteiger partial charge >= 0.3 is 12.0 Å². The third kappa shape index (κ3) is 6.36. The summed E-state index contributed by atoms with van der Waals surface area (Å²) in [6.07, 6.45) is 13.3. The molecule has 1 N–H and O–H groups in total. The summed E-state index contributed by atoms with van der Waals surface area (Å²) in [5.41, 5.74) is 2.47. The summed E-state index contributed by atoms with van der Waals surface area (Å²) in [7, 11) is 3.14. The Hall–Kier alpha value is -4.27. The van der Waals surface area contributed by atoms with Gasteiger partial charge in [0.25, 0.3) is 0 Å². The number of fused-ring (bicyclic) bond motifs is 3. The number of carbonyl (C=O) groups is 3. The second-order valence-electron chi connectivity index (χ2n) is 12.8. The van der Waals surface area contributed by atoms with Crippen molar-refractivity contribution in [2.75, 3.05) is 27.2 Å². The molecule has 246 valence electrons. The van der Waals surface area contributed by atoms with Crippen LogP contribution < -0.4 is 4.74 Å². The van der Waals surface area contributed by atoms with Crippen LogP contribution in [-0.2, 0) is 20.9 Å². The molecule has 0 radical (unpaired) electrons. The average Bonchev–Trinajstić information content (AvgIpc) is 3.55. The number of carbonyl (C=O) groups excluding carboxylic acids is 3. The first-order valence-corrected chi connectivity index (χ1v) is 17.0. The maximum Gasteiger partial charge on any atom is 0.320 e. The Morgan fingerprint density at radius 3 is 2.81 bits per heavy atom. The molecule has 10 nitrogen and oxygen atoms in total. The summed E-state index contributed by atoms with van der Waals surface area (Å²) in [5, 5.41) is 13.2. The third-order valence-electron chi connectivity index (χ3n) is 9.84. The van der Waals surface area contributed by atoms with Crippen LogP contribution in [0.4, 0.5) is 4.79 Å². The molecule has 2 fully saturated rings. The zero-order chi connectivity index (χ0) is 33.3. The van der Waals surface area contributed by atoms with Gasteiger partial charge in [-0.3, -0.25) is 9.59 Å². The van der Waals surface area contributed by atoms with Gasteiger partial charge in [-0.25, -0.2) is 14.8 Å². The van der Waals surface area contributed by atoms with E-state index in [0.29, 0.717) is 53.6 Å². The standard InChI is InChI=1S/C36H40N4O6S/c1-5-25-21-47-33(37-25)28-17-31(27-12-11-23(20-41)22(2)32(27)38-28)46-26-13-15-40-29(16-26)30(42)19-36(34(43)45-4)18-24(36)10-8-6-7-9-14-39(3)35(40)44/h1,8,10-12,17,21,24,26,29,41H,6-7,9,13-16,18-20H2,2-4H3/b10-8-/t24-,26-,29-,36+/m0/s1. The van der Waals surface area contributed by atoms with E-state index in [0.717, 1.165) is 35.8 Å². The number of ether oxygens (including phenoxy) is 2. The molecular weight excluding hydrogens is 616 g/mol. The molecule has 2 aliphatic heterocycles. The minimum Gasteiger partial charge on any atom is -0.489 e. The van der Waals surface area contributed by atoms with Gasteiger partial charge in [0.05, 0.1) is 30.7 Å². The SMILES string of the molecule is C#Cc1csc(-c2cc(O[C@H]3CCN4C(=O)N(C)CCCC/C=C\[C@H]5C[C@@]5(C(=O)OC)CC(=O)[C@@H]4C3)c3ccc(CO)c(C)c3n2)n1. The molecule has 0 bridgehead atoms. The second kappa shape index (κ2) is 13.5. The number of terminal acetylenes is 1. The van der Waals surface area contributed by atoms with Crippen molar-refractivity contribution in [1.82, 2.24) is 19.8 Å². The number of pyridine rings is 1. The van der Waals surface area contributed by atoms with E-state index in [4.69, 9.17) is 20.9 Å². The van der Waals surface area contributed by atoms with Gasteiger partial charge in [0.15, 0.2) is 5.78 Å². The number of aliphatic hydroxyl groups is 1. The van der Waals surface area contributed by atoms with Crippen LogP contribution in [0.15, 0.2) is 35.7 Å². The van der Waals surface area contributed by atoms with Gasteiger partial charge in [-0.15, -0.1) is 17.8 Å². The molecule has 2 amide bonds. The number of ketones is 1. The fourth-order valence-corrected chi connectivity index (χ4v) is 7.66. The Balaban J connectivity index is 1.34. The molecule has 6 rings (SSSR count). The molecule has 1 saturated heterocycles. The molecular formula is C36H40N4O6S. The molecule has 1 aliphatic carbocycles. The number of Topliss-reactive ketones (excluding diaryl/α,β-unsaturated/α-hetero) is 1. The van der Waals surface area contributed by atoms with Crippen LogP contribution in [0.5, 0.6) is 5.75 Å². The van der Waals surface area contributed by atoms with Crippen LogP contribution in [-0.4, -0.2) is 82.1 Å². The smallest absolute Gasteiger partial charge is 0.320 e. The van der Waals surface area contributed by atoms with E-state index in [1.165, 1.54) is 18.4 Å². The molecule has 3 aromatic rings. The minimum atomic E-state index is -0.899. The molecule has 3 aliphatic rings. The summed E-state index contributed by atoms with van der Waals surface area (Å²) in [6, 6.07) is 4.64. The lowest BCUT2D eigenvalue weighted by Gasteiger charge is -2.40. The molecule has 4 heterocycles. The Bertz CT molecular complexity index is 1780. The molecule has 4 atom stereocenters. The Labute approximate surface area is 278 Å². The summed E-state index contributed by atoms with van der Waals surface area (Å²) in [6.45, 7) is 2.71. The summed E-state index contributed by atoms with van der Waals surface area (Å²) in [5.74, 6) is 2.54. The maximum absolute atomic E-state index is 14.2. The highest BCUT2D eigenvalue weighted by atomic mass is 32.1. The van der Waals surface area contributed by atoms with E-state index in [1.807, 2.05) is 25.1 Å². The van der Waals surface area contributed by atoms with Crippen LogP contribution in [0.3, 0.4) is 0 Å². The number of allylic oxidation sites excluding steroid dienone is 2. The fraction of sp³-hybridized carbons (Fsp3) is 0.472. The van der Waals surface area contributed by atoms with Gasteiger partial charge in [-0.1, -0.05) is 18.2 Å². The zero-order valence-corrected chi connectivity index (χ0v) is 27.8. The van der Waals surface area contributed by atoms with Crippen molar-refractivity contribution in [2.45, 2.75) is 70.6 Å². The summed E-state index contributed by atoms with van der Waals surface area (Å²) in [4.78, 5) is 53.7. The highest BCUT2D eigenvalue weighted by molar-refractivity contribution is 7.13. The molecule has 2 aromatic heterocycles. The van der Waals surface area contributed by atoms with Gasteiger partial charge in [-0.2, -0.15) is 0 Å². The molecule has 1 saturated carbocycles. The van der Waals surface area contributed by atoms with Crippen molar-refractivity contribution in [3.8, 4) is 28.8 Å². The van der Waals surface area contributed by atoms with Gasteiger partial charge in [0.2, 0.25) is 0 Å². The number of rotatable bonds is 5. The van der Waals surface area contributed by atoms with Crippen molar-refractivity contribution in [1.29, 1.82) is 0 Å². The lowest BCUT2D eigenvalue weighted by molar-refractivity contribution is -0.150. The van der Waals surface area contributed by atoms with E-state index in [1.54, 1.807) is 22.2 Å². The molecule has 1 aromatic carbocycles. The molecule has 0 unspecified atom stereocenters. The van der Waals surface area contributed by atoms with E-state index >= 15 is 0 Å². The maximum atomic E-state index is 14.2. The van der Waals surface area contributed by atoms with Crippen LogP contribution in [0.25, 0.3) is 21.6 Å². The van der Waals surface area contributed by atoms with Crippen molar-refractivity contribution >= 4 is 40.0 Å². The first-order valence-electron chi connectivity index (χ1n) is 16.1. The normalized spacial score (nSPS) is 25.7. The van der Waals surface area contributed by atoms with Crippen molar-refractivity contribution in [3.63, 3.8) is 0 Å². The predicted molar refractivity (Wildman–Crippen MR) is 179 cm³/mol. The number of aliphatic hydroxyl groups excluding tert-OH is 1. The largest absolute Gasteiger partial charge is 0.489 e. The average molecular weight is 657 g/mol. The first-order chi connectivity index (χ1) is 22.7. The quantitative estimate of drug-likeness (QED) is 0.224. The zero-order valence-electron chi connectivity index (χ0n) is 27.0. The molecule has 0 spiro atoms. The summed E-state index contributed by atoms with van der Waals surface area (Å²) >= 11 is 1.39. The van der Waals surface area contributed by atoms with Crippen molar-refractivity contribution < 1.29 is 29.0 Å². The van der Waals surface area contributed by atoms with E-state index in [-0.39, 0.29) is 43.2 Å². The highest BCUT2D eigenvalue weighted by Gasteiger charge is 2.61. The van der Waals surface area contributed by atoms with Crippen LogP contribution in [0.1, 0.15) is 61.8 Å². The Morgan fingerprint density at radius 2 is 2.06 bits per heavy atom. The van der Waals surface area contributed by atoms with Crippen molar-refractivity contribution in [2.24, 2.45) is 11.3 Å².